The molecule has 0 aliphatic heterocycles. The van der Waals surface area contributed by atoms with E-state index < -0.39 is 0 Å². The van der Waals surface area contributed by atoms with Gasteiger partial charge in [-0.2, -0.15) is 0 Å². The lowest BCUT2D eigenvalue weighted by Crippen LogP contribution is -2.12. The highest BCUT2D eigenvalue weighted by Crippen LogP contribution is 2.66. The number of anilines is 1. The van der Waals surface area contributed by atoms with E-state index in [1.54, 1.807) is 0 Å². The van der Waals surface area contributed by atoms with Crippen LogP contribution in [-0.2, 0) is 0 Å². The number of nitrogens with one attached hydrogen (secondary N) is 1. The fourth-order valence-electron chi connectivity index (χ4n) is 4.35. The zero-order valence-electron chi connectivity index (χ0n) is 9.69. The van der Waals surface area contributed by atoms with E-state index in [1.165, 1.54) is 24.9 Å². The number of nitrogens with zero attached hydrogens (tertiary/aromatic N) is 1. The molecule has 2 bridgehead atoms. The second-order valence-electron chi connectivity index (χ2n) is 5.84. The van der Waals surface area contributed by atoms with Crippen molar-refractivity contribution in [1.82, 2.24) is 4.98 Å². The Bertz CT molecular complexity index is 412. The minimum Gasteiger partial charge on any atom is -0.382 e. The molecule has 4 atom stereocenters. The minimum atomic E-state index is 0.785. The summed E-state index contributed by atoms with van der Waals surface area (Å²) in [6.07, 6.45) is 6.44. The number of pyridine rings is 1. The number of fused-ring (bicyclic) bond motifs is 5. The minimum absolute atomic E-state index is 0.785. The molecule has 1 N–H and O–H groups in total. The van der Waals surface area contributed by atoms with Crippen LogP contribution in [0.15, 0.2) is 18.3 Å². The van der Waals surface area contributed by atoms with Crippen molar-refractivity contribution in [3.8, 4) is 0 Å². The second kappa shape index (κ2) is 2.99. The van der Waals surface area contributed by atoms with Crippen LogP contribution in [0.1, 0.15) is 25.0 Å². The first kappa shape index (κ1) is 9.03. The van der Waals surface area contributed by atoms with Gasteiger partial charge in [-0.25, -0.2) is 0 Å². The summed E-state index contributed by atoms with van der Waals surface area (Å²) >= 11 is 0. The number of hydrogen-bond acceptors (Lipinski definition) is 2. The Labute approximate surface area is 96.5 Å². The van der Waals surface area contributed by atoms with E-state index in [9.17, 15) is 0 Å². The van der Waals surface area contributed by atoms with Gasteiger partial charge in [-0.05, 0) is 62.0 Å². The topological polar surface area (TPSA) is 24.9 Å². The van der Waals surface area contributed by atoms with Gasteiger partial charge in [0.15, 0.2) is 0 Å². The first-order chi connectivity index (χ1) is 7.83. The Kier molecular flexibility index (Phi) is 1.69. The molecule has 3 saturated carbocycles. The number of aromatic nitrogens is 1. The largest absolute Gasteiger partial charge is 0.382 e. The molecular weight excluding hydrogens is 196 g/mol. The Morgan fingerprint density at radius 3 is 2.69 bits per heavy atom. The highest BCUT2D eigenvalue weighted by molar-refractivity contribution is 5.47. The lowest BCUT2D eigenvalue weighted by atomic mass is 10.0. The summed E-state index contributed by atoms with van der Waals surface area (Å²) in [5.41, 5.74) is 2.38. The van der Waals surface area contributed by atoms with Gasteiger partial charge in [0, 0.05) is 23.6 Å². The van der Waals surface area contributed by atoms with E-state index in [1.807, 2.05) is 6.20 Å². The standard InChI is InChI=1S/C14H18N2/c1-8-6-11(4-5-15-8)16-14-12-9-2-3-10(7-9)13(12)14/h4-6,9-10,12-14H,2-3,7H2,1H3,(H,15,16). The second-order valence-corrected chi connectivity index (χ2v) is 5.84. The van der Waals surface area contributed by atoms with E-state index >= 15 is 0 Å². The van der Waals surface area contributed by atoms with Gasteiger partial charge in [0.05, 0.1) is 0 Å². The first-order valence-electron chi connectivity index (χ1n) is 6.52. The maximum absolute atomic E-state index is 4.24. The first-order valence-corrected chi connectivity index (χ1v) is 6.52. The van der Waals surface area contributed by atoms with Crippen LogP contribution in [-0.4, -0.2) is 11.0 Å². The summed E-state index contributed by atoms with van der Waals surface area (Å²) in [7, 11) is 0. The van der Waals surface area contributed by atoms with Gasteiger partial charge in [-0.1, -0.05) is 0 Å². The predicted molar refractivity (Wildman–Crippen MR) is 64.2 cm³/mol. The molecule has 84 valence electrons. The van der Waals surface area contributed by atoms with Crippen LogP contribution in [0.2, 0.25) is 0 Å². The molecule has 4 rings (SSSR count). The van der Waals surface area contributed by atoms with E-state index in [4.69, 9.17) is 0 Å². The van der Waals surface area contributed by atoms with Crippen LogP contribution in [0.4, 0.5) is 5.69 Å². The molecule has 3 aliphatic carbocycles. The molecule has 16 heavy (non-hydrogen) atoms. The van der Waals surface area contributed by atoms with Crippen LogP contribution in [0.5, 0.6) is 0 Å². The molecule has 0 saturated heterocycles. The molecule has 1 heterocycles. The quantitative estimate of drug-likeness (QED) is 0.819. The molecule has 4 unspecified atom stereocenters. The number of aryl methyl sites for hydroxylation is 1. The molecule has 3 fully saturated rings. The van der Waals surface area contributed by atoms with Gasteiger partial charge in [-0.15, -0.1) is 0 Å². The third-order valence-electron chi connectivity index (χ3n) is 4.97. The van der Waals surface area contributed by atoms with E-state index in [0.717, 1.165) is 35.4 Å². The highest BCUT2D eigenvalue weighted by atomic mass is 15.0. The van der Waals surface area contributed by atoms with Crippen molar-refractivity contribution in [2.45, 2.75) is 32.2 Å². The summed E-state index contributed by atoms with van der Waals surface area (Å²) in [5, 5.41) is 3.72. The fraction of sp³-hybridized carbons (Fsp3) is 0.643. The monoisotopic (exact) mass is 214 g/mol. The van der Waals surface area contributed by atoms with Crippen molar-refractivity contribution in [1.29, 1.82) is 0 Å². The van der Waals surface area contributed by atoms with Crippen LogP contribution in [0.25, 0.3) is 0 Å². The average Bonchev–Trinajstić information content (AvgIpc) is 2.70. The van der Waals surface area contributed by atoms with Crippen molar-refractivity contribution in [3.63, 3.8) is 0 Å². The summed E-state index contributed by atoms with van der Waals surface area (Å²) in [4.78, 5) is 4.24. The average molecular weight is 214 g/mol. The molecular formula is C14H18N2. The zero-order valence-corrected chi connectivity index (χ0v) is 9.69. The third-order valence-corrected chi connectivity index (χ3v) is 4.97. The maximum atomic E-state index is 4.24. The lowest BCUT2D eigenvalue weighted by Gasteiger charge is -2.11. The van der Waals surface area contributed by atoms with Crippen LogP contribution in [0, 0.1) is 30.6 Å². The zero-order chi connectivity index (χ0) is 10.7. The molecule has 0 amide bonds. The van der Waals surface area contributed by atoms with Crippen LogP contribution < -0.4 is 5.32 Å². The Hall–Kier alpha value is -1.05. The lowest BCUT2D eigenvalue weighted by molar-refractivity contribution is 0.456. The van der Waals surface area contributed by atoms with Crippen molar-refractivity contribution in [3.05, 3.63) is 24.0 Å². The van der Waals surface area contributed by atoms with Crippen molar-refractivity contribution >= 4 is 5.69 Å². The Morgan fingerprint density at radius 2 is 2.00 bits per heavy atom. The van der Waals surface area contributed by atoms with Gasteiger partial charge in [0.1, 0.15) is 0 Å². The summed E-state index contributed by atoms with van der Waals surface area (Å²) in [5.74, 6) is 4.12. The van der Waals surface area contributed by atoms with E-state index in [2.05, 4.69) is 29.4 Å². The SMILES string of the molecule is Cc1cc(NC2C3C4CCC(C4)C23)ccn1. The molecule has 1 aromatic heterocycles. The molecule has 3 aliphatic rings. The van der Waals surface area contributed by atoms with Crippen molar-refractivity contribution < 1.29 is 0 Å². The Balaban J connectivity index is 1.51. The van der Waals surface area contributed by atoms with Gasteiger partial charge in [-0.3, -0.25) is 4.98 Å². The highest BCUT2D eigenvalue weighted by Gasteiger charge is 2.64. The van der Waals surface area contributed by atoms with Crippen LogP contribution in [0.3, 0.4) is 0 Å². The van der Waals surface area contributed by atoms with Crippen molar-refractivity contribution in [2.75, 3.05) is 5.32 Å². The number of hydrogen-bond donors (Lipinski definition) is 1. The van der Waals surface area contributed by atoms with Gasteiger partial charge < -0.3 is 5.32 Å². The predicted octanol–water partition coefficient (Wildman–Crippen LogP) is 2.85. The molecule has 1 aromatic rings. The van der Waals surface area contributed by atoms with Crippen LogP contribution >= 0.6 is 0 Å². The Morgan fingerprint density at radius 1 is 1.25 bits per heavy atom. The van der Waals surface area contributed by atoms with E-state index in [-0.39, 0.29) is 0 Å². The molecule has 2 heteroatoms. The third kappa shape index (κ3) is 1.16. The van der Waals surface area contributed by atoms with E-state index in [0.29, 0.717) is 0 Å². The fourth-order valence-corrected chi connectivity index (χ4v) is 4.35. The molecule has 2 nitrogen and oxygen atoms in total. The normalized spacial score (nSPS) is 43.2. The number of rotatable bonds is 2. The van der Waals surface area contributed by atoms with Gasteiger partial charge in [0.25, 0.3) is 0 Å². The van der Waals surface area contributed by atoms with Gasteiger partial charge >= 0.3 is 0 Å². The molecule has 0 aromatic carbocycles. The van der Waals surface area contributed by atoms with Gasteiger partial charge in [0.2, 0.25) is 0 Å². The summed E-state index contributed by atoms with van der Waals surface area (Å²) in [6, 6.07) is 5.05. The summed E-state index contributed by atoms with van der Waals surface area (Å²) in [6.45, 7) is 2.06. The van der Waals surface area contributed by atoms with Crippen molar-refractivity contribution in [2.24, 2.45) is 23.7 Å². The summed E-state index contributed by atoms with van der Waals surface area (Å²) < 4.78 is 0. The molecule has 0 radical (unpaired) electrons. The molecule has 0 spiro atoms. The maximum Gasteiger partial charge on any atom is 0.0393 e. The smallest absolute Gasteiger partial charge is 0.0393 e.